The number of ether oxygens (including phenoxy) is 2. The number of amides is 1. The minimum absolute atomic E-state index is 0.0466. The number of aromatic nitrogens is 2. The van der Waals surface area contributed by atoms with Crippen LogP contribution in [0, 0.1) is 0 Å². The van der Waals surface area contributed by atoms with Gasteiger partial charge in [-0.1, -0.05) is 6.07 Å². The number of hydrogen-bond acceptors (Lipinski definition) is 5. The zero-order valence-electron chi connectivity index (χ0n) is 14.6. The molecule has 1 amide bonds. The first kappa shape index (κ1) is 17.3. The standard InChI is InChI=1S/C18H24N4O3/c1-13(12-22-7-3-6-20-22)19-11-18(23)21-14(2)15-4-5-16-17(10-15)25-9-8-24-16/h3-7,10,13-14,19H,8-9,11-12H2,1-2H3,(H,21,23)/t13-,14-/m1/s1. The van der Waals surface area contributed by atoms with Crippen molar-refractivity contribution < 1.29 is 14.3 Å². The van der Waals surface area contributed by atoms with Crippen LogP contribution in [0.5, 0.6) is 11.5 Å². The third-order valence-electron chi connectivity index (χ3n) is 4.07. The van der Waals surface area contributed by atoms with Gasteiger partial charge in [-0.2, -0.15) is 5.10 Å². The van der Waals surface area contributed by atoms with Crippen LogP contribution in [0.4, 0.5) is 0 Å². The van der Waals surface area contributed by atoms with Crippen LogP contribution in [0.1, 0.15) is 25.5 Å². The van der Waals surface area contributed by atoms with Crippen LogP contribution in [-0.4, -0.2) is 41.5 Å². The largest absolute Gasteiger partial charge is 0.486 e. The van der Waals surface area contributed by atoms with Gasteiger partial charge in [-0.3, -0.25) is 9.48 Å². The zero-order chi connectivity index (χ0) is 17.6. The summed E-state index contributed by atoms with van der Waals surface area (Å²) in [6.45, 7) is 6.08. The van der Waals surface area contributed by atoms with E-state index < -0.39 is 0 Å². The molecule has 25 heavy (non-hydrogen) atoms. The highest BCUT2D eigenvalue weighted by Gasteiger charge is 2.16. The molecule has 7 nitrogen and oxygen atoms in total. The van der Waals surface area contributed by atoms with E-state index in [4.69, 9.17) is 9.47 Å². The quantitative estimate of drug-likeness (QED) is 0.796. The van der Waals surface area contributed by atoms with Gasteiger partial charge in [0.25, 0.3) is 0 Å². The molecule has 1 aliphatic heterocycles. The van der Waals surface area contributed by atoms with Crippen LogP contribution in [0.3, 0.4) is 0 Å². The Bertz CT molecular complexity index is 702. The summed E-state index contributed by atoms with van der Waals surface area (Å²) >= 11 is 0. The second-order valence-electron chi connectivity index (χ2n) is 6.20. The van der Waals surface area contributed by atoms with Gasteiger partial charge in [0.15, 0.2) is 11.5 Å². The molecule has 0 bridgehead atoms. The SMILES string of the molecule is C[C@H](Cn1cccn1)NCC(=O)N[C@H](C)c1ccc2c(c1)OCCO2. The van der Waals surface area contributed by atoms with Crippen LogP contribution in [-0.2, 0) is 11.3 Å². The summed E-state index contributed by atoms with van der Waals surface area (Å²) in [6, 6.07) is 7.69. The van der Waals surface area contributed by atoms with E-state index in [9.17, 15) is 4.79 Å². The Hall–Kier alpha value is -2.54. The number of carbonyl (C=O) groups excluding carboxylic acids is 1. The summed E-state index contributed by atoms with van der Waals surface area (Å²) in [5.74, 6) is 1.44. The predicted molar refractivity (Wildman–Crippen MR) is 93.7 cm³/mol. The lowest BCUT2D eigenvalue weighted by Gasteiger charge is -2.21. The molecule has 3 rings (SSSR count). The van der Waals surface area contributed by atoms with Gasteiger partial charge in [-0.05, 0) is 37.6 Å². The van der Waals surface area contributed by atoms with Crippen molar-refractivity contribution in [3.05, 3.63) is 42.2 Å². The fourth-order valence-corrected chi connectivity index (χ4v) is 2.73. The van der Waals surface area contributed by atoms with Gasteiger partial charge in [0.1, 0.15) is 13.2 Å². The molecule has 0 spiro atoms. The number of hydrogen-bond donors (Lipinski definition) is 2. The van der Waals surface area contributed by atoms with Crippen molar-refractivity contribution in [2.24, 2.45) is 0 Å². The number of rotatable bonds is 7. The first-order valence-electron chi connectivity index (χ1n) is 8.51. The summed E-state index contributed by atoms with van der Waals surface area (Å²) < 4.78 is 12.9. The number of carbonyl (C=O) groups is 1. The first-order chi connectivity index (χ1) is 12.1. The van der Waals surface area contributed by atoms with E-state index in [0.717, 1.165) is 23.6 Å². The van der Waals surface area contributed by atoms with Crippen molar-refractivity contribution in [2.75, 3.05) is 19.8 Å². The summed E-state index contributed by atoms with van der Waals surface area (Å²) in [7, 11) is 0. The third kappa shape index (κ3) is 4.73. The van der Waals surface area contributed by atoms with Crippen molar-refractivity contribution in [3.8, 4) is 11.5 Å². The maximum Gasteiger partial charge on any atom is 0.234 e. The van der Waals surface area contributed by atoms with Crippen LogP contribution in [0.25, 0.3) is 0 Å². The Balaban J connectivity index is 1.47. The lowest BCUT2D eigenvalue weighted by molar-refractivity contribution is -0.121. The van der Waals surface area contributed by atoms with E-state index in [-0.39, 0.29) is 24.5 Å². The smallest absolute Gasteiger partial charge is 0.234 e. The molecule has 7 heteroatoms. The fourth-order valence-electron chi connectivity index (χ4n) is 2.73. The van der Waals surface area contributed by atoms with Crippen molar-refractivity contribution in [1.29, 1.82) is 0 Å². The molecule has 1 aliphatic rings. The number of nitrogens with zero attached hydrogens (tertiary/aromatic N) is 2. The van der Waals surface area contributed by atoms with Crippen molar-refractivity contribution in [2.45, 2.75) is 32.5 Å². The Morgan fingerprint density at radius 1 is 1.28 bits per heavy atom. The summed E-state index contributed by atoms with van der Waals surface area (Å²) in [6.07, 6.45) is 3.65. The highest BCUT2D eigenvalue weighted by atomic mass is 16.6. The lowest BCUT2D eigenvalue weighted by Crippen LogP contribution is -2.40. The molecule has 0 aliphatic carbocycles. The van der Waals surface area contributed by atoms with Gasteiger partial charge >= 0.3 is 0 Å². The molecule has 2 heterocycles. The van der Waals surface area contributed by atoms with E-state index in [2.05, 4.69) is 15.7 Å². The molecule has 0 saturated carbocycles. The van der Waals surface area contributed by atoms with Gasteiger partial charge in [0, 0.05) is 18.4 Å². The molecule has 0 radical (unpaired) electrons. The Labute approximate surface area is 147 Å². The molecule has 134 valence electrons. The van der Waals surface area contributed by atoms with Crippen molar-refractivity contribution in [3.63, 3.8) is 0 Å². The fraction of sp³-hybridized carbons (Fsp3) is 0.444. The Morgan fingerprint density at radius 3 is 2.84 bits per heavy atom. The highest BCUT2D eigenvalue weighted by Crippen LogP contribution is 2.32. The van der Waals surface area contributed by atoms with Crippen LogP contribution >= 0.6 is 0 Å². The van der Waals surface area contributed by atoms with Gasteiger partial charge in [0.05, 0.1) is 19.1 Å². The second-order valence-corrected chi connectivity index (χ2v) is 6.20. The lowest BCUT2D eigenvalue weighted by atomic mass is 10.1. The molecule has 2 atom stereocenters. The maximum absolute atomic E-state index is 12.2. The molecule has 0 unspecified atom stereocenters. The summed E-state index contributed by atoms with van der Waals surface area (Å²) in [4.78, 5) is 12.2. The molecular weight excluding hydrogens is 320 g/mol. The minimum Gasteiger partial charge on any atom is -0.486 e. The van der Waals surface area contributed by atoms with Crippen molar-refractivity contribution >= 4 is 5.91 Å². The maximum atomic E-state index is 12.2. The average molecular weight is 344 g/mol. The highest BCUT2D eigenvalue weighted by molar-refractivity contribution is 5.78. The molecule has 2 aromatic rings. The minimum atomic E-state index is -0.105. The van der Waals surface area contributed by atoms with E-state index in [1.807, 2.05) is 49.0 Å². The number of benzene rings is 1. The van der Waals surface area contributed by atoms with Crippen LogP contribution < -0.4 is 20.1 Å². The Morgan fingerprint density at radius 2 is 2.08 bits per heavy atom. The van der Waals surface area contributed by atoms with E-state index in [1.54, 1.807) is 6.20 Å². The molecule has 1 aromatic carbocycles. The van der Waals surface area contributed by atoms with Crippen LogP contribution in [0.15, 0.2) is 36.7 Å². The molecule has 2 N–H and O–H groups in total. The summed E-state index contributed by atoms with van der Waals surface area (Å²) in [5, 5.41) is 10.4. The molecule has 0 saturated heterocycles. The summed E-state index contributed by atoms with van der Waals surface area (Å²) in [5.41, 5.74) is 0.988. The number of nitrogens with one attached hydrogen (secondary N) is 2. The predicted octanol–water partition coefficient (Wildman–Crippen LogP) is 1.51. The van der Waals surface area contributed by atoms with Crippen LogP contribution in [0.2, 0.25) is 0 Å². The number of fused-ring (bicyclic) bond motifs is 1. The first-order valence-corrected chi connectivity index (χ1v) is 8.51. The topological polar surface area (TPSA) is 77.4 Å². The van der Waals surface area contributed by atoms with Gasteiger partial charge in [0.2, 0.25) is 5.91 Å². The van der Waals surface area contributed by atoms with E-state index in [0.29, 0.717) is 13.2 Å². The average Bonchev–Trinajstić information content (AvgIpc) is 3.12. The third-order valence-corrected chi connectivity index (χ3v) is 4.07. The van der Waals surface area contributed by atoms with Gasteiger partial charge in [-0.25, -0.2) is 0 Å². The van der Waals surface area contributed by atoms with Crippen molar-refractivity contribution in [1.82, 2.24) is 20.4 Å². The Kier molecular flexibility index (Phi) is 5.55. The van der Waals surface area contributed by atoms with Gasteiger partial charge < -0.3 is 20.1 Å². The molecular formula is C18H24N4O3. The molecule has 0 fully saturated rings. The molecule has 1 aromatic heterocycles. The normalized spacial score (nSPS) is 15.4. The van der Waals surface area contributed by atoms with Gasteiger partial charge in [-0.15, -0.1) is 0 Å². The van der Waals surface area contributed by atoms with E-state index in [1.165, 1.54) is 0 Å². The zero-order valence-corrected chi connectivity index (χ0v) is 14.6. The van der Waals surface area contributed by atoms with E-state index >= 15 is 0 Å². The monoisotopic (exact) mass is 344 g/mol. The second kappa shape index (κ2) is 8.02.